The minimum absolute atomic E-state index is 0.0735. The number of ether oxygens (including phenoxy) is 1. The van der Waals surface area contributed by atoms with E-state index in [-0.39, 0.29) is 23.2 Å². The predicted octanol–water partition coefficient (Wildman–Crippen LogP) is 3.25. The van der Waals surface area contributed by atoms with Crippen molar-refractivity contribution in [1.82, 2.24) is 5.32 Å². The Bertz CT molecular complexity index is 824. The molecule has 4 rings (SSSR count). The van der Waals surface area contributed by atoms with Gasteiger partial charge in [-0.05, 0) is 43.0 Å². The van der Waals surface area contributed by atoms with E-state index in [0.29, 0.717) is 24.2 Å². The van der Waals surface area contributed by atoms with Gasteiger partial charge in [0.1, 0.15) is 0 Å². The highest BCUT2D eigenvalue weighted by Gasteiger charge is 2.28. The predicted molar refractivity (Wildman–Crippen MR) is 106 cm³/mol. The second-order valence-corrected chi connectivity index (χ2v) is 8.04. The van der Waals surface area contributed by atoms with Gasteiger partial charge in [0, 0.05) is 18.0 Å². The van der Waals surface area contributed by atoms with E-state index in [9.17, 15) is 9.59 Å². The Balaban J connectivity index is 1.40. The van der Waals surface area contributed by atoms with E-state index < -0.39 is 0 Å². The Morgan fingerprint density at radius 1 is 1.11 bits per heavy atom. The molecule has 2 unspecified atom stereocenters. The van der Waals surface area contributed by atoms with Crippen LogP contribution >= 0.6 is 11.8 Å². The first-order valence-electron chi connectivity index (χ1n) is 9.25. The Kier molecular flexibility index (Phi) is 5.45. The van der Waals surface area contributed by atoms with Gasteiger partial charge in [-0.2, -0.15) is 0 Å². The lowest BCUT2D eigenvalue weighted by Crippen LogP contribution is -2.33. The molecular formula is C21H22N2O3S. The lowest BCUT2D eigenvalue weighted by molar-refractivity contribution is -0.115. The zero-order chi connectivity index (χ0) is 18.6. The zero-order valence-corrected chi connectivity index (χ0v) is 15.8. The Morgan fingerprint density at radius 3 is 2.74 bits per heavy atom. The number of hydrogen-bond acceptors (Lipinski definition) is 4. The largest absolute Gasteiger partial charge is 0.376 e. The molecule has 0 bridgehead atoms. The van der Waals surface area contributed by atoms with Crippen molar-refractivity contribution in [2.75, 3.05) is 18.5 Å². The van der Waals surface area contributed by atoms with Crippen LogP contribution in [0.2, 0.25) is 0 Å². The lowest BCUT2D eigenvalue weighted by atomic mass is 10.1. The monoisotopic (exact) mass is 382 g/mol. The molecule has 140 valence electrons. The summed E-state index contributed by atoms with van der Waals surface area (Å²) in [4.78, 5) is 26.5. The lowest BCUT2D eigenvalue weighted by Gasteiger charge is -2.15. The number of nitrogens with one attached hydrogen (secondary N) is 2. The van der Waals surface area contributed by atoms with Crippen LogP contribution in [0, 0.1) is 0 Å². The normalized spacial score (nSPS) is 20.9. The van der Waals surface area contributed by atoms with Crippen molar-refractivity contribution in [2.24, 2.45) is 0 Å². The van der Waals surface area contributed by atoms with E-state index in [1.165, 1.54) is 5.56 Å². The van der Waals surface area contributed by atoms with Gasteiger partial charge in [-0.25, -0.2) is 0 Å². The average Bonchev–Trinajstić information content (AvgIpc) is 3.36. The van der Waals surface area contributed by atoms with Crippen LogP contribution in [0.25, 0.3) is 0 Å². The number of hydrogen-bond donors (Lipinski definition) is 2. The molecule has 0 aliphatic carbocycles. The fraction of sp³-hybridized carbons (Fsp3) is 0.333. The summed E-state index contributed by atoms with van der Waals surface area (Å²) in [5.74, 6) is -0.265. The van der Waals surface area contributed by atoms with Gasteiger partial charge in [0.15, 0.2) is 0 Å². The number of anilines is 1. The van der Waals surface area contributed by atoms with E-state index in [1.807, 2.05) is 24.3 Å². The summed E-state index contributed by atoms with van der Waals surface area (Å²) >= 11 is 1.58. The minimum Gasteiger partial charge on any atom is -0.376 e. The molecule has 0 saturated carbocycles. The van der Waals surface area contributed by atoms with Gasteiger partial charge in [0.05, 0.1) is 22.6 Å². The fourth-order valence-corrected chi connectivity index (χ4v) is 4.63. The molecule has 2 amide bonds. The second-order valence-electron chi connectivity index (χ2n) is 6.80. The summed E-state index contributed by atoms with van der Waals surface area (Å²) in [6.07, 6.45) is 2.80. The van der Waals surface area contributed by atoms with Crippen molar-refractivity contribution >= 4 is 29.3 Å². The van der Waals surface area contributed by atoms with Crippen molar-refractivity contribution in [3.8, 4) is 0 Å². The summed E-state index contributed by atoms with van der Waals surface area (Å²) in [6, 6.07) is 15.2. The smallest absolute Gasteiger partial charge is 0.253 e. The van der Waals surface area contributed by atoms with E-state index in [1.54, 1.807) is 30.0 Å². The standard InChI is InChI=1S/C21H22N2O3S/c24-20(22-13-15-7-5-11-26-15)16-8-2-3-9-17(16)23-21(25)19-12-14-6-1-4-10-18(14)27-19/h1-4,6,8-10,15,19H,5,7,11-13H2,(H,22,24)(H,23,25). The maximum atomic E-state index is 12.7. The second kappa shape index (κ2) is 8.15. The number of para-hydroxylation sites is 1. The first kappa shape index (κ1) is 18.1. The number of rotatable bonds is 5. The number of thioether (sulfide) groups is 1. The quantitative estimate of drug-likeness (QED) is 0.833. The topological polar surface area (TPSA) is 67.4 Å². The molecular weight excluding hydrogens is 360 g/mol. The fourth-order valence-electron chi connectivity index (χ4n) is 3.44. The molecule has 27 heavy (non-hydrogen) atoms. The summed E-state index contributed by atoms with van der Waals surface area (Å²) in [5, 5.41) is 5.69. The zero-order valence-electron chi connectivity index (χ0n) is 14.9. The maximum absolute atomic E-state index is 12.7. The first-order valence-corrected chi connectivity index (χ1v) is 10.1. The maximum Gasteiger partial charge on any atom is 0.253 e. The molecule has 0 radical (unpaired) electrons. The number of benzene rings is 2. The minimum atomic E-state index is -0.191. The van der Waals surface area contributed by atoms with E-state index in [4.69, 9.17) is 4.74 Å². The average molecular weight is 382 g/mol. The summed E-state index contributed by atoms with van der Waals surface area (Å²) in [6.45, 7) is 1.25. The Labute approximate surface area is 162 Å². The van der Waals surface area contributed by atoms with Gasteiger partial charge in [0.2, 0.25) is 5.91 Å². The highest BCUT2D eigenvalue weighted by molar-refractivity contribution is 8.01. The van der Waals surface area contributed by atoms with Gasteiger partial charge in [-0.3, -0.25) is 9.59 Å². The van der Waals surface area contributed by atoms with Gasteiger partial charge >= 0.3 is 0 Å². The molecule has 2 aliphatic rings. The molecule has 6 heteroatoms. The molecule has 0 spiro atoms. The van der Waals surface area contributed by atoms with Gasteiger partial charge in [-0.1, -0.05) is 30.3 Å². The van der Waals surface area contributed by atoms with E-state index in [0.717, 1.165) is 24.3 Å². The number of carbonyl (C=O) groups is 2. The molecule has 2 aliphatic heterocycles. The summed E-state index contributed by atoms with van der Waals surface area (Å²) < 4.78 is 5.55. The molecule has 1 saturated heterocycles. The first-order chi connectivity index (χ1) is 13.2. The highest BCUT2D eigenvalue weighted by Crippen LogP contribution is 2.37. The summed E-state index contributed by atoms with van der Waals surface area (Å²) in [7, 11) is 0. The van der Waals surface area contributed by atoms with Crippen LogP contribution in [0.1, 0.15) is 28.8 Å². The molecule has 0 aromatic heterocycles. The van der Waals surface area contributed by atoms with Gasteiger partial charge in [-0.15, -0.1) is 11.8 Å². The van der Waals surface area contributed by atoms with E-state index >= 15 is 0 Å². The number of fused-ring (bicyclic) bond motifs is 1. The van der Waals surface area contributed by atoms with Gasteiger partial charge in [0.25, 0.3) is 5.91 Å². The molecule has 2 N–H and O–H groups in total. The Hall–Kier alpha value is -2.31. The van der Waals surface area contributed by atoms with Crippen LogP contribution in [0.15, 0.2) is 53.4 Å². The van der Waals surface area contributed by atoms with Crippen LogP contribution < -0.4 is 10.6 Å². The highest BCUT2D eigenvalue weighted by atomic mass is 32.2. The van der Waals surface area contributed by atoms with Crippen LogP contribution in [0.3, 0.4) is 0 Å². The molecule has 5 nitrogen and oxygen atoms in total. The number of carbonyl (C=O) groups excluding carboxylic acids is 2. The molecule has 2 atom stereocenters. The molecule has 2 heterocycles. The molecule has 2 aromatic rings. The van der Waals surface area contributed by atoms with Crippen molar-refractivity contribution in [2.45, 2.75) is 35.5 Å². The van der Waals surface area contributed by atoms with Crippen LogP contribution in [0.4, 0.5) is 5.69 Å². The van der Waals surface area contributed by atoms with Crippen LogP contribution in [-0.2, 0) is 16.0 Å². The van der Waals surface area contributed by atoms with Crippen molar-refractivity contribution in [3.05, 3.63) is 59.7 Å². The number of amides is 2. The summed E-state index contributed by atoms with van der Waals surface area (Å²) in [5.41, 5.74) is 2.22. The third kappa shape index (κ3) is 4.17. The van der Waals surface area contributed by atoms with Crippen LogP contribution in [-0.4, -0.2) is 36.3 Å². The molecule has 1 fully saturated rings. The van der Waals surface area contributed by atoms with Gasteiger partial charge < -0.3 is 15.4 Å². The Morgan fingerprint density at radius 2 is 1.93 bits per heavy atom. The third-order valence-corrected chi connectivity index (χ3v) is 6.20. The van der Waals surface area contributed by atoms with Crippen LogP contribution in [0.5, 0.6) is 0 Å². The SMILES string of the molecule is O=C(NCC1CCCO1)c1ccccc1NC(=O)C1Cc2ccccc2S1. The van der Waals surface area contributed by atoms with Crippen molar-refractivity contribution < 1.29 is 14.3 Å². The van der Waals surface area contributed by atoms with E-state index in [2.05, 4.69) is 16.7 Å². The molecule has 2 aromatic carbocycles. The third-order valence-electron chi connectivity index (χ3n) is 4.88. The van der Waals surface area contributed by atoms with Crippen molar-refractivity contribution in [1.29, 1.82) is 0 Å². The van der Waals surface area contributed by atoms with Crippen molar-refractivity contribution in [3.63, 3.8) is 0 Å².